The third kappa shape index (κ3) is 7.12. The lowest BCUT2D eigenvalue weighted by Gasteiger charge is -2.14. The van der Waals surface area contributed by atoms with Crippen molar-refractivity contribution >= 4 is 44.9 Å². The Labute approximate surface area is 269 Å². The molecule has 0 saturated carbocycles. The minimum atomic E-state index is -0.0823. The van der Waals surface area contributed by atoms with E-state index in [2.05, 4.69) is 53.8 Å². The minimum absolute atomic E-state index is 0.0823. The Morgan fingerprint density at radius 2 is 1.71 bits per heavy atom. The van der Waals surface area contributed by atoms with Gasteiger partial charge in [0.05, 0.1) is 12.2 Å². The molecule has 1 heterocycles. The molecule has 1 aromatic heterocycles. The number of carbonyl (C=O) groups excluding carboxylic acids is 1. The van der Waals surface area contributed by atoms with Crippen LogP contribution in [0.25, 0.3) is 10.8 Å². The van der Waals surface area contributed by atoms with Gasteiger partial charge in [-0.25, -0.2) is 4.99 Å². The van der Waals surface area contributed by atoms with Gasteiger partial charge in [0, 0.05) is 16.8 Å². The number of anilines is 1. The van der Waals surface area contributed by atoms with Gasteiger partial charge in [0.1, 0.15) is 11.6 Å². The Kier molecular flexibility index (Phi) is 9.61. The maximum Gasteiger partial charge on any atom is 0.259 e. The summed E-state index contributed by atoms with van der Waals surface area (Å²) >= 11 is 1.66. The third-order valence-corrected chi connectivity index (χ3v) is 9.58. The molecule has 45 heavy (non-hydrogen) atoms. The zero-order valence-electron chi connectivity index (χ0n) is 26.3. The molecule has 6 heteroatoms. The molecule has 0 spiro atoms. The Morgan fingerprint density at radius 1 is 0.889 bits per heavy atom. The molecule has 5 nitrogen and oxygen atoms in total. The summed E-state index contributed by atoms with van der Waals surface area (Å²) in [6.07, 6.45) is 8.41. The van der Waals surface area contributed by atoms with Gasteiger partial charge in [-0.1, -0.05) is 67.4 Å². The summed E-state index contributed by atoms with van der Waals surface area (Å²) in [7, 11) is 0. The van der Waals surface area contributed by atoms with E-state index in [1.54, 1.807) is 11.3 Å². The van der Waals surface area contributed by atoms with E-state index >= 15 is 0 Å². The van der Waals surface area contributed by atoms with Crippen LogP contribution in [0.3, 0.4) is 0 Å². The third-order valence-electron chi connectivity index (χ3n) is 8.38. The number of ether oxygens (including phenoxy) is 2. The Hall–Kier alpha value is -4.42. The first-order chi connectivity index (χ1) is 22.0. The van der Waals surface area contributed by atoms with E-state index in [1.165, 1.54) is 34.1 Å². The van der Waals surface area contributed by atoms with E-state index in [4.69, 9.17) is 14.5 Å². The predicted molar refractivity (Wildman–Crippen MR) is 187 cm³/mol. The van der Waals surface area contributed by atoms with E-state index in [0.717, 1.165) is 58.6 Å². The van der Waals surface area contributed by atoms with E-state index in [0.29, 0.717) is 30.3 Å². The fourth-order valence-corrected chi connectivity index (χ4v) is 7.22. The van der Waals surface area contributed by atoms with Gasteiger partial charge in [-0.15, -0.1) is 11.3 Å². The van der Waals surface area contributed by atoms with Crippen molar-refractivity contribution in [2.75, 3.05) is 11.9 Å². The monoisotopic (exact) mass is 616 g/mol. The number of aryl methyl sites for hydroxylation is 3. The van der Waals surface area contributed by atoms with Crippen molar-refractivity contribution in [3.05, 3.63) is 117 Å². The zero-order valence-corrected chi connectivity index (χ0v) is 27.1. The molecule has 0 atom stereocenters. The SMILES string of the molecule is CCOc1cc(C=Nc2sc3c(c2C(=O)Nc2cc(C)ccc2C)CCCCCC3)ccc1OCc1cccc2ccccc12. The van der Waals surface area contributed by atoms with Gasteiger partial charge in [0.25, 0.3) is 5.91 Å². The van der Waals surface area contributed by atoms with Crippen LogP contribution in [-0.4, -0.2) is 18.7 Å². The molecule has 4 aromatic carbocycles. The first-order valence-electron chi connectivity index (χ1n) is 15.9. The number of nitrogens with one attached hydrogen (secondary N) is 1. The quantitative estimate of drug-likeness (QED) is 0.168. The van der Waals surface area contributed by atoms with Crippen LogP contribution < -0.4 is 14.8 Å². The lowest BCUT2D eigenvalue weighted by molar-refractivity contribution is 0.102. The molecule has 0 bridgehead atoms. The molecule has 230 valence electrons. The van der Waals surface area contributed by atoms with Crippen LogP contribution in [0.2, 0.25) is 0 Å². The topological polar surface area (TPSA) is 59.9 Å². The summed E-state index contributed by atoms with van der Waals surface area (Å²) in [4.78, 5) is 20.1. The number of hydrogen-bond donors (Lipinski definition) is 1. The first-order valence-corrected chi connectivity index (χ1v) is 16.8. The largest absolute Gasteiger partial charge is 0.490 e. The van der Waals surface area contributed by atoms with Crippen molar-refractivity contribution < 1.29 is 14.3 Å². The fraction of sp³-hybridized carbons (Fsp3) is 0.282. The molecule has 6 rings (SSSR count). The second-order valence-electron chi connectivity index (χ2n) is 11.7. The molecule has 1 amide bonds. The molecule has 0 aliphatic heterocycles. The number of hydrogen-bond acceptors (Lipinski definition) is 5. The summed E-state index contributed by atoms with van der Waals surface area (Å²) in [5.41, 5.74) is 6.91. The van der Waals surface area contributed by atoms with Crippen LogP contribution in [0.4, 0.5) is 10.7 Å². The molecule has 1 aliphatic carbocycles. The van der Waals surface area contributed by atoms with Crippen LogP contribution in [0.15, 0.2) is 83.9 Å². The number of amides is 1. The van der Waals surface area contributed by atoms with Crippen LogP contribution >= 0.6 is 11.3 Å². The van der Waals surface area contributed by atoms with Gasteiger partial charge in [0.2, 0.25) is 0 Å². The Bertz CT molecular complexity index is 1850. The molecule has 1 N–H and O–H groups in total. The smallest absolute Gasteiger partial charge is 0.259 e. The van der Waals surface area contributed by atoms with Crippen LogP contribution in [0.5, 0.6) is 11.5 Å². The average Bonchev–Trinajstić information content (AvgIpc) is 3.37. The normalized spacial score (nSPS) is 13.3. The summed E-state index contributed by atoms with van der Waals surface area (Å²) in [5.74, 6) is 1.28. The van der Waals surface area contributed by atoms with Crippen LogP contribution in [0, 0.1) is 13.8 Å². The van der Waals surface area contributed by atoms with Gasteiger partial charge in [-0.05, 0) is 109 Å². The minimum Gasteiger partial charge on any atom is -0.490 e. The van der Waals surface area contributed by atoms with Gasteiger partial charge in [0.15, 0.2) is 11.5 Å². The van der Waals surface area contributed by atoms with E-state index < -0.39 is 0 Å². The van der Waals surface area contributed by atoms with Gasteiger partial charge >= 0.3 is 0 Å². The van der Waals surface area contributed by atoms with Gasteiger partial charge in [-0.2, -0.15) is 0 Å². The lowest BCUT2D eigenvalue weighted by atomic mass is 9.96. The van der Waals surface area contributed by atoms with Crippen molar-refractivity contribution in [3.63, 3.8) is 0 Å². The molecular formula is C39H40N2O3S. The number of carbonyl (C=O) groups is 1. The number of benzene rings is 4. The van der Waals surface area contributed by atoms with E-state index in [1.807, 2.05) is 57.3 Å². The van der Waals surface area contributed by atoms with Gasteiger partial charge in [-0.3, -0.25) is 4.79 Å². The Morgan fingerprint density at radius 3 is 2.58 bits per heavy atom. The van der Waals surface area contributed by atoms with Crippen molar-refractivity contribution in [2.45, 2.75) is 65.9 Å². The fourth-order valence-electron chi connectivity index (χ4n) is 5.98. The van der Waals surface area contributed by atoms with Crippen molar-refractivity contribution in [1.29, 1.82) is 0 Å². The van der Waals surface area contributed by atoms with Crippen molar-refractivity contribution in [1.82, 2.24) is 0 Å². The van der Waals surface area contributed by atoms with E-state index in [9.17, 15) is 4.79 Å². The first kappa shape index (κ1) is 30.6. The molecular weight excluding hydrogens is 577 g/mol. The highest BCUT2D eigenvalue weighted by atomic mass is 32.1. The maximum absolute atomic E-state index is 13.9. The van der Waals surface area contributed by atoms with Crippen LogP contribution in [-0.2, 0) is 19.4 Å². The molecule has 0 unspecified atom stereocenters. The standard InChI is InChI=1S/C39H40N2O3S/c1-4-43-35-23-28(20-21-34(35)44-25-30-14-11-13-29-12-9-10-15-31(29)30)24-40-39-37(32-16-7-5-6-8-17-36(32)45-39)38(42)41-33-22-26(2)18-19-27(33)3/h9-15,18-24H,4-8,16-17,25H2,1-3H3,(H,41,42). The van der Waals surface area contributed by atoms with E-state index in [-0.39, 0.29) is 5.91 Å². The van der Waals surface area contributed by atoms with Crippen molar-refractivity contribution in [3.8, 4) is 11.5 Å². The Balaban J connectivity index is 1.28. The number of rotatable bonds is 9. The second kappa shape index (κ2) is 14.1. The highest BCUT2D eigenvalue weighted by Crippen LogP contribution is 2.40. The number of nitrogens with zero attached hydrogens (tertiary/aromatic N) is 1. The summed E-state index contributed by atoms with van der Waals surface area (Å²) < 4.78 is 12.3. The number of aliphatic imine (C=N–C) groups is 1. The van der Waals surface area contributed by atoms with Crippen LogP contribution in [0.1, 0.15) is 75.7 Å². The molecule has 1 aliphatic rings. The van der Waals surface area contributed by atoms with Crippen molar-refractivity contribution in [2.24, 2.45) is 4.99 Å². The van der Waals surface area contributed by atoms with Gasteiger partial charge < -0.3 is 14.8 Å². The summed E-state index contributed by atoms with van der Waals surface area (Å²) in [6.45, 7) is 7.00. The lowest BCUT2D eigenvalue weighted by Crippen LogP contribution is -2.15. The highest BCUT2D eigenvalue weighted by Gasteiger charge is 2.24. The maximum atomic E-state index is 13.9. The second-order valence-corrected chi connectivity index (χ2v) is 12.8. The summed E-state index contributed by atoms with van der Waals surface area (Å²) in [6, 6.07) is 26.7. The number of fused-ring (bicyclic) bond motifs is 2. The predicted octanol–water partition coefficient (Wildman–Crippen LogP) is 10.2. The zero-order chi connectivity index (χ0) is 31.2. The highest BCUT2D eigenvalue weighted by molar-refractivity contribution is 7.16. The number of thiophene rings is 1. The average molecular weight is 617 g/mol. The molecule has 5 aromatic rings. The molecule has 0 fully saturated rings. The summed E-state index contributed by atoms with van der Waals surface area (Å²) in [5, 5.41) is 6.35. The molecule has 0 radical (unpaired) electrons. The molecule has 0 saturated heterocycles.